The minimum absolute atomic E-state index is 0.0278. The van der Waals surface area contributed by atoms with Crippen LogP contribution in [0.25, 0.3) is 16.0 Å². The maximum Gasteiger partial charge on any atom is 0.343 e. The van der Waals surface area contributed by atoms with Gasteiger partial charge in [0.2, 0.25) is 25.4 Å². The van der Waals surface area contributed by atoms with Gasteiger partial charge in [-0.15, -0.1) is 39.9 Å². The number of anilines is 1. The number of amides is 2. The molecule has 2 amide bonds. The number of ether oxygens (including phenoxy) is 25. The molecule has 2 atom stereocenters. The smallest absolute Gasteiger partial charge is 0.343 e. The minimum atomic E-state index is -6.28. The summed E-state index contributed by atoms with van der Waals surface area (Å²) in [5.74, 6) is -11.6. The minimum Gasteiger partial charge on any atom is -0.744 e. The molecule has 50 heteroatoms. The molecule has 1 fully saturated rings. The third-order valence-electron chi connectivity index (χ3n) is 22.2. The Hall–Kier alpha value is -5.76. The van der Waals surface area contributed by atoms with Crippen LogP contribution in [0.2, 0.25) is 0 Å². The van der Waals surface area contributed by atoms with Crippen LogP contribution in [-0.4, -0.2) is 409 Å². The molecule has 3 aromatic carbocycles. The molecule has 6 heterocycles. The van der Waals surface area contributed by atoms with Gasteiger partial charge in [-0.25, -0.2) is 57.2 Å². The summed E-state index contributed by atoms with van der Waals surface area (Å²) < 4.78 is 296. The Balaban J connectivity index is 0.738. The van der Waals surface area contributed by atoms with Crippen molar-refractivity contribution in [2.75, 3.05) is 356 Å². The molecule has 5 aliphatic rings. The number of halogens is 3. The fourth-order valence-electron chi connectivity index (χ4n) is 14.5. The maximum atomic E-state index is 18.4. The lowest BCUT2D eigenvalue weighted by Crippen LogP contribution is -2.51. The van der Waals surface area contributed by atoms with Crippen molar-refractivity contribution in [2.45, 2.75) is 70.9 Å². The number of imide groups is 1. The third kappa shape index (κ3) is 38.1. The molecule has 0 spiro atoms. The fourth-order valence-corrected chi connectivity index (χ4v) is 21.9. The van der Waals surface area contributed by atoms with Gasteiger partial charge in [-0.05, 0) is 37.6 Å². The standard InChI is InChI=1S/C91H136F3N5O36S6/c1-90(2)70-61-79(139(103,104)95-11-13-112-19-21-116-27-29-120-35-37-124-43-45-128-51-53-132-57-55-130-49-47-126-41-39-122-33-31-118-25-23-114-17-15-110-7)137-86(70)66-59-68-74(63-72(66)97(90)5)134-75-64-73-67(60-69(75)81(68)82-83(92)88(84(93)85(94)89(82)141(107,108)109)136-65-78(102)135-99-76(100)9-10-77(99)101)87-71(91(3,4)98(73)6)62-80(138-87)140(105,106)96-12-14-113-20-22-117-28-30-121-36-38-125-44-46-129-52-54-133-58-56-131-50-48-127-42-40-123-34-32-119-26-24-115-18-16-111-8/h59-64,70,86,95-96H,9-58,65H2,1-8H3. The molecule has 0 bridgehead atoms. The van der Waals surface area contributed by atoms with E-state index in [0.717, 1.165) is 23.1 Å². The monoisotopic (exact) mass is 2120 g/mol. The molecule has 1 aromatic heterocycles. The lowest BCUT2D eigenvalue weighted by Gasteiger charge is -2.49. The summed E-state index contributed by atoms with van der Waals surface area (Å²) in [5, 5.41) is -0.434. The van der Waals surface area contributed by atoms with Gasteiger partial charge < -0.3 is 133 Å². The number of nitrogens with zero attached hydrogens (tertiary/aromatic N) is 3. The number of thiophene rings is 1. The normalized spacial score (nSPS) is 16.0. The van der Waals surface area contributed by atoms with Crippen LogP contribution in [0, 0.1) is 23.4 Å². The number of nitrogens with one attached hydrogen (secondary N) is 2. The number of carbonyl (C=O) groups is 3. The summed E-state index contributed by atoms with van der Waals surface area (Å²) in [5.41, 5.74) is -2.39. The van der Waals surface area contributed by atoms with Crippen molar-refractivity contribution in [3.8, 4) is 21.9 Å². The van der Waals surface area contributed by atoms with Gasteiger partial charge in [0, 0.05) is 117 Å². The lowest BCUT2D eigenvalue weighted by molar-refractivity contribution is -0.195. The largest absolute Gasteiger partial charge is 0.744 e. The number of hydroxylamine groups is 2. The average Bonchev–Trinajstić information content (AvgIpc) is 1.69. The summed E-state index contributed by atoms with van der Waals surface area (Å²) >= 11 is 1.80. The summed E-state index contributed by atoms with van der Waals surface area (Å²) in [6, 6.07) is 7.46. The predicted octanol–water partition coefficient (Wildman–Crippen LogP) is 4.49. The summed E-state index contributed by atoms with van der Waals surface area (Å²) in [6.07, 6.45) is 0.997. The van der Waals surface area contributed by atoms with Gasteiger partial charge in [0.25, 0.3) is 11.8 Å². The van der Waals surface area contributed by atoms with Crippen LogP contribution in [0.4, 0.5) is 18.9 Å². The van der Waals surface area contributed by atoms with Crippen molar-refractivity contribution in [3.63, 3.8) is 0 Å². The van der Waals surface area contributed by atoms with E-state index in [4.69, 9.17) is 123 Å². The molecule has 798 valence electrons. The molecule has 0 radical (unpaired) electrons. The van der Waals surface area contributed by atoms with Crippen LogP contribution in [0.1, 0.15) is 68.0 Å². The molecular formula is C91H136F3N5O36S6. The Bertz CT molecular complexity index is 5020. The first kappa shape index (κ1) is 119. The highest BCUT2D eigenvalue weighted by Gasteiger charge is 2.51. The van der Waals surface area contributed by atoms with Crippen molar-refractivity contribution in [2.24, 2.45) is 5.92 Å². The molecule has 5 aliphatic heterocycles. The van der Waals surface area contributed by atoms with Gasteiger partial charge in [-0.3, -0.25) is 9.59 Å². The lowest BCUT2D eigenvalue weighted by atomic mass is 9.76. The van der Waals surface area contributed by atoms with E-state index >= 15 is 13.2 Å². The Morgan fingerprint density at radius 2 is 0.844 bits per heavy atom. The Morgan fingerprint density at radius 1 is 0.482 bits per heavy atom. The van der Waals surface area contributed by atoms with E-state index in [1.807, 2.05) is 37.2 Å². The van der Waals surface area contributed by atoms with Crippen molar-refractivity contribution in [1.82, 2.24) is 19.1 Å². The second-order valence-electron chi connectivity index (χ2n) is 32.5. The summed E-state index contributed by atoms with van der Waals surface area (Å²) in [7, 11) is -8.16. The van der Waals surface area contributed by atoms with Gasteiger partial charge in [0.05, 0.1) is 331 Å². The van der Waals surface area contributed by atoms with E-state index in [2.05, 4.69) is 9.44 Å². The van der Waals surface area contributed by atoms with Crippen molar-refractivity contribution in [3.05, 3.63) is 90.9 Å². The first-order chi connectivity index (χ1) is 68.1. The van der Waals surface area contributed by atoms with Crippen molar-refractivity contribution in [1.29, 1.82) is 0 Å². The number of hydrogen-bond acceptors (Lipinski definition) is 40. The third-order valence-corrected chi connectivity index (χ3v) is 30.6. The number of thioether (sulfide) groups is 2. The maximum absolute atomic E-state index is 18.4. The molecule has 2 N–H and O–H groups in total. The summed E-state index contributed by atoms with van der Waals surface area (Å²) in [6.45, 7) is 24.5. The first-order valence-electron chi connectivity index (χ1n) is 46.5. The van der Waals surface area contributed by atoms with Crippen LogP contribution in [0.5, 0.6) is 11.5 Å². The second-order valence-corrected chi connectivity index (χ2v) is 41.0. The Morgan fingerprint density at radius 3 is 1.21 bits per heavy atom. The molecule has 9 rings (SSSR count). The molecule has 1 saturated heterocycles. The Labute approximate surface area is 834 Å². The molecule has 0 saturated carbocycles. The number of fused-ring (bicyclic) bond motifs is 8. The molecule has 4 aromatic rings. The molecule has 41 nitrogen and oxygen atoms in total. The quantitative estimate of drug-likeness (QED) is 0.0135. The number of methoxy groups -OCH3 is 2. The van der Waals surface area contributed by atoms with E-state index in [-0.39, 0.29) is 145 Å². The number of carbonyl (C=O) groups excluding carboxylic acids is 3. The van der Waals surface area contributed by atoms with E-state index in [1.165, 1.54) is 24.3 Å². The highest BCUT2D eigenvalue weighted by molar-refractivity contribution is 8.18. The molecule has 0 aliphatic carbocycles. The molecule has 141 heavy (non-hydrogen) atoms. The van der Waals surface area contributed by atoms with Gasteiger partial charge in [0.15, 0.2) is 17.2 Å². The van der Waals surface area contributed by atoms with Crippen LogP contribution in [-0.2, 0) is 169 Å². The van der Waals surface area contributed by atoms with Gasteiger partial charge >= 0.3 is 5.97 Å². The fraction of sp³-hybridized carbons (Fsp3) is 0.692. The molecule has 2 unspecified atom stereocenters. The zero-order valence-corrected chi connectivity index (χ0v) is 86.2. The number of sulfonamides is 2. The van der Waals surface area contributed by atoms with Crippen LogP contribution in [0.3, 0.4) is 0 Å². The number of benzene rings is 3. The zero-order valence-electron chi connectivity index (χ0n) is 81.3. The topological polar surface area (TPSA) is 450 Å². The van der Waals surface area contributed by atoms with Crippen LogP contribution < -0.4 is 34.2 Å². The van der Waals surface area contributed by atoms with Crippen LogP contribution >= 0.6 is 34.9 Å². The molecular weight excluding hydrogens is 1990 g/mol. The van der Waals surface area contributed by atoms with E-state index in [9.17, 15) is 44.2 Å². The average molecular weight is 2130 g/mol. The van der Waals surface area contributed by atoms with Gasteiger partial charge in [0.1, 0.15) is 47.8 Å². The highest BCUT2D eigenvalue weighted by atomic mass is 32.3. The van der Waals surface area contributed by atoms with Crippen molar-refractivity contribution >= 4 is 94.1 Å². The highest BCUT2D eigenvalue weighted by Crippen LogP contribution is 2.61. The van der Waals surface area contributed by atoms with Gasteiger partial charge in [-0.1, -0.05) is 6.08 Å². The van der Waals surface area contributed by atoms with Crippen molar-refractivity contribution < 1.29 is 181 Å². The second kappa shape index (κ2) is 63.8. The predicted molar refractivity (Wildman–Crippen MR) is 508 cm³/mol. The first-order valence-corrected chi connectivity index (χ1v) is 53.6. The van der Waals surface area contributed by atoms with Crippen LogP contribution in [0.15, 0.2) is 54.6 Å². The Kier molecular flexibility index (Phi) is 53.8. The van der Waals surface area contributed by atoms with E-state index < -0.39 is 114 Å². The van der Waals surface area contributed by atoms with E-state index in [1.54, 1.807) is 40.5 Å². The van der Waals surface area contributed by atoms with Gasteiger partial charge in [-0.2, -0.15) is 0 Å². The SMILES string of the molecule is COCCOCCOCCOCCOCCOCCOCCOCCOCCOCCOCCOCCNS(=O)(=O)C1=CC2C(S1)c1cc3c(cc1N(C)C2(C)C)Oc1cc2c(cc1=C3c1c(F)c(SCC(=O)ON3C(=O)CCC3=O)c(F)c(F)c1S(=O)(=O)[O-])-c1sc(S(=O)(=O)NCCOCCOCCOCCOCCOCCOCCOCCOCCOCCOCCOCCOC)cc1C(C)(C)[N+]=2C. The zero-order chi connectivity index (χ0) is 101. The number of hydrogen-bond donors (Lipinski definition) is 2. The summed E-state index contributed by atoms with van der Waals surface area (Å²) in [4.78, 5) is 42.0. The number of rotatable bonds is 82. The van der Waals surface area contributed by atoms with E-state index in [0.29, 0.717) is 265 Å².